The van der Waals surface area contributed by atoms with Crippen molar-refractivity contribution in [1.29, 1.82) is 0 Å². The third-order valence-corrected chi connectivity index (χ3v) is 16.4. The first-order valence-corrected chi connectivity index (χ1v) is 27.0. The van der Waals surface area contributed by atoms with Crippen LogP contribution in [0.2, 0.25) is 0 Å². The van der Waals surface area contributed by atoms with Crippen molar-refractivity contribution in [2.24, 2.45) is 0 Å². The van der Waals surface area contributed by atoms with Crippen molar-refractivity contribution in [2.45, 2.75) is 0 Å². The zero-order valence-electron chi connectivity index (χ0n) is 42.6. The van der Waals surface area contributed by atoms with Crippen LogP contribution in [0.1, 0.15) is 0 Å². The number of furan rings is 2. The minimum atomic E-state index is 0.859. The van der Waals surface area contributed by atoms with Crippen LogP contribution in [0.15, 0.2) is 282 Å². The van der Waals surface area contributed by atoms with Crippen LogP contribution in [-0.4, -0.2) is 4.40 Å². The van der Waals surface area contributed by atoms with Crippen molar-refractivity contribution in [2.75, 3.05) is 9.80 Å². The first kappa shape index (κ1) is 43.6. The van der Waals surface area contributed by atoms with E-state index in [1.54, 1.807) is 0 Å². The van der Waals surface area contributed by atoms with E-state index in [9.17, 15) is 0 Å². The third-order valence-electron chi connectivity index (χ3n) is 16.4. The van der Waals surface area contributed by atoms with Crippen molar-refractivity contribution in [1.82, 2.24) is 4.40 Å². The van der Waals surface area contributed by atoms with Crippen LogP contribution in [0.5, 0.6) is 0 Å². The molecule has 4 heterocycles. The molecule has 79 heavy (non-hydrogen) atoms. The largest absolute Gasteiger partial charge is 0.454 e. The zero-order valence-corrected chi connectivity index (χ0v) is 42.6. The monoisotopic (exact) mass is 1010 g/mol. The van der Waals surface area contributed by atoms with Crippen LogP contribution in [-0.2, 0) is 0 Å². The predicted molar refractivity (Wildman–Crippen MR) is 331 cm³/mol. The summed E-state index contributed by atoms with van der Waals surface area (Å²) in [7, 11) is 0. The molecule has 0 atom stereocenters. The van der Waals surface area contributed by atoms with E-state index < -0.39 is 0 Å². The van der Waals surface area contributed by atoms with Crippen LogP contribution < -0.4 is 9.80 Å². The number of para-hydroxylation sites is 6. The molecule has 0 N–H and O–H groups in total. The first-order valence-electron chi connectivity index (χ1n) is 27.0. The van der Waals surface area contributed by atoms with Crippen LogP contribution >= 0.6 is 0 Å². The smallest absolute Gasteiger partial charge is 0.159 e. The number of hydrogen-bond donors (Lipinski definition) is 0. The summed E-state index contributed by atoms with van der Waals surface area (Å²) >= 11 is 0. The van der Waals surface area contributed by atoms with Crippen molar-refractivity contribution in [3.8, 4) is 22.3 Å². The van der Waals surface area contributed by atoms with Gasteiger partial charge in [0.15, 0.2) is 11.2 Å². The summed E-state index contributed by atoms with van der Waals surface area (Å²) in [6.07, 6.45) is 0. The average Bonchev–Trinajstić information content (AvgIpc) is 2.85. The maximum absolute atomic E-state index is 6.70. The number of nitrogens with zero attached hydrogens (tertiary/aromatic N) is 3. The SMILES string of the molecule is c1ccc(-c2ccc(-c3cc4c5cc6ccc(N(c7ccccc7)c7cccc8c7oc7ccccc78)cc6cc5n5c6cc7cc(N(c8ccccc8)c8cccc9c8oc8ccccc89)ccc7cc6c(c3)c45)cc2)cc1. The number of fused-ring (bicyclic) bond motifs is 14. The number of hydrogen-bond acceptors (Lipinski definition) is 4. The molecule has 0 saturated heterocycles. The van der Waals surface area contributed by atoms with Crippen molar-refractivity contribution in [3.63, 3.8) is 0 Å². The van der Waals surface area contributed by atoms with Gasteiger partial charge in [0.1, 0.15) is 11.2 Å². The number of benzene rings is 13. The maximum Gasteiger partial charge on any atom is 0.159 e. The van der Waals surface area contributed by atoms with Crippen molar-refractivity contribution >= 4 is 138 Å². The molecule has 0 bridgehead atoms. The summed E-state index contributed by atoms with van der Waals surface area (Å²) in [5, 5.41) is 14.0. The van der Waals surface area contributed by atoms with E-state index in [0.717, 1.165) is 88.8 Å². The van der Waals surface area contributed by atoms with Gasteiger partial charge in [-0.25, -0.2) is 0 Å². The second-order valence-electron chi connectivity index (χ2n) is 20.8. The van der Waals surface area contributed by atoms with Gasteiger partial charge in [0, 0.05) is 65.8 Å². The third kappa shape index (κ3) is 6.70. The normalized spacial score (nSPS) is 12.1. The molecule has 0 aliphatic carbocycles. The Balaban J connectivity index is 0.893. The van der Waals surface area contributed by atoms with Gasteiger partial charge < -0.3 is 23.0 Å². The van der Waals surface area contributed by atoms with Crippen LogP contribution in [0.3, 0.4) is 0 Å². The molecular formula is C74H45N3O2. The molecule has 17 rings (SSSR count). The Morgan fingerprint density at radius 2 is 0.671 bits per heavy atom. The maximum atomic E-state index is 6.70. The predicted octanol–water partition coefficient (Wildman–Crippen LogP) is 21.2. The molecule has 13 aromatic carbocycles. The molecule has 0 saturated carbocycles. The van der Waals surface area contributed by atoms with Gasteiger partial charge in [-0.05, 0) is 153 Å². The molecule has 0 aliphatic heterocycles. The van der Waals surface area contributed by atoms with E-state index >= 15 is 0 Å². The van der Waals surface area contributed by atoms with E-state index in [-0.39, 0.29) is 0 Å². The first-order chi connectivity index (χ1) is 39.1. The fraction of sp³-hybridized carbons (Fsp3) is 0. The summed E-state index contributed by atoms with van der Waals surface area (Å²) in [6, 6.07) is 98.8. The topological polar surface area (TPSA) is 37.2 Å². The molecule has 4 aromatic heterocycles. The second-order valence-corrected chi connectivity index (χ2v) is 20.8. The highest BCUT2D eigenvalue weighted by atomic mass is 16.3. The Morgan fingerprint density at radius 3 is 1.16 bits per heavy atom. The van der Waals surface area contributed by atoms with Crippen molar-refractivity contribution < 1.29 is 8.83 Å². The Bertz CT molecular complexity index is 4970. The highest BCUT2D eigenvalue weighted by Gasteiger charge is 2.25. The van der Waals surface area contributed by atoms with E-state index in [4.69, 9.17) is 8.83 Å². The van der Waals surface area contributed by atoms with Crippen molar-refractivity contribution in [3.05, 3.63) is 273 Å². The Hall–Kier alpha value is -10.6. The summed E-state index contributed by atoms with van der Waals surface area (Å²) in [6.45, 7) is 0. The Kier molecular flexibility index (Phi) is 9.35. The van der Waals surface area contributed by atoms with E-state index in [1.807, 2.05) is 12.1 Å². The average molecular weight is 1010 g/mol. The molecule has 17 aromatic rings. The number of aromatic nitrogens is 1. The molecule has 5 heteroatoms. The lowest BCUT2D eigenvalue weighted by molar-refractivity contribution is 0.668. The Morgan fingerprint density at radius 1 is 0.253 bits per heavy atom. The molecular weight excluding hydrogens is 963 g/mol. The number of anilines is 6. The van der Waals surface area contributed by atoms with Gasteiger partial charge in [0.2, 0.25) is 0 Å². The minimum Gasteiger partial charge on any atom is -0.454 e. The van der Waals surface area contributed by atoms with Gasteiger partial charge >= 0.3 is 0 Å². The molecule has 0 unspecified atom stereocenters. The van der Waals surface area contributed by atoms with Gasteiger partial charge in [-0.3, -0.25) is 0 Å². The van der Waals surface area contributed by atoms with Gasteiger partial charge in [0.05, 0.1) is 27.9 Å². The second kappa shape index (κ2) is 16.9. The summed E-state index contributed by atoms with van der Waals surface area (Å²) in [4.78, 5) is 4.67. The fourth-order valence-corrected chi connectivity index (χ4v) is 12.8. The zero-order chi connectivity index (χ0) is 51.7. The molecule has 0 fully saturated rings. The minimum absolute atomic E-state index is 0.859. The summed E-state index contributed by atoms with van der Waals surface area (Å²) < 4.78 is 15.9. The van der Waals surface area contributed by atoms with Gasteiger partial charge in [-0.2, -0.15) is 0 Å². The Labute approximate surface area is 453 Å². The lowest BCUT2D eigenvalue weighted by atomic mass is 9.96. The standard InChI is InChI=1S/C74H45N3O2/c1-4-16-46(17-5-1)47-30-32-48(33-31-47)53-42-64-62-40-49-34-36-56(75(54-18-6-2-7-19-54)66-26-14-24-60-58-22-10-12-28-70(58)78-73(60)66)38-51(49)44-68(62)77-69-45-52-39-57(37-35-50(52)41-63(69)65(43-53)72(64)77)76(55-20-8-3-9-21-55)67-27-15-25-61-59-23-11-13-29-71(59)79-74(61)67/h1-45H. The molecule has 0 aliphatic rings. The molecule has 0 spiro atoms. The van der Waals surface area contributed by atoms with Crippen LogP contribution in [0.25, 0.3) is 126 Å². The summed E-state index contributed by atoms with van der Waals surface area (Å²) in [5.74, 6) is 0. The summed E-state index contributed by atoms with van der Waals surface area (Å²) in [5.41, 5.74) is 18.0. The van der Waals surface area contributed by atoms with Gasteiger partial charge in [-0.15, -0.1) is 0 Å². The quantitative estimate of drug-likeness (QED) is 0.152. The highest BCUT2D eigenvalue weighted by Crippen LogP contribution is 2.48. The van der Waals surface area contributed by atoms with E-state index in [2.05, 4.69) is 275 Å². The molecule has 0 radical (unpaired) electrons. The van der Waals surface area contributed by atoms with Gasteiger partial charge in [0.25, 0.3) is 0 Å². The molecule has 5 nitrogen and oxygen atoms in total. The van der Waals surface area contributed by atoms with E-state index in [0.29, 0.717) is 0 Å². The number of rotatable bonds is 8. The van der Waals surface area contributed by atoms with E-state index in [1.165, 1.54) is 71.1 Å². The van der Waals surface area contributed by atoms with Gasteiger partial charge in [-0.1, -0.05) is 164 Å². The molecule has 0 amide bonds. The van der Waals surface area contributed by atoms with Crippen LogP contribution in [0.4, 0.5) is 34.1 Å². The molecule has 368 valence electrons. The lowest BCUT2D eigenvalue weighted by Gasteiger charge is -2.26. The lowest BCUT2D eigenvalue weighted by Crippen LogP contribution is -2.10. The highest BCUT2D eigenvalue weighted by molar-refractivity contribution is 6.27. The van der Waals surface area contributed by atoms with Crippen LogP contribution in [0, 0.1) is 0 Å². The fourth-order valence-electron chi connectivity index (χ4n) is 12.8.